The summed E-state index contributed by atoms with van der Waals surface area (Å²) in [5, 5.41) is 4.00. The maximum Gasteiger partial charge on any atom is 0.305 e. The van der Waals surface area contributed by atoms with Crippen LogP contribution in [0.1, 0.15) is 24.0 Å². The summed E-state index contributed by atoms with van der Waals surface area (Å²) >= 11 is 5.47. The number of methoxy groups -OCH3 is 2. The van der Waals surface area contributed by atoms with Gasteiger partial charge in [0.25, 0.3) is 0 Å². The van der Waals surface area contributed by atoms with Crippen molar-refractivity contribution in [2.45, 2.75) is 26.3 Å². The van der Waals surface area contributed by atoms with Crippen LogP contribution in [0, 0.1) is 6.92 Å². The molecule has 1 aliphatic rings. The van der Waals surface area contributed by atoms with Crippen LogP contribution in [0.25, 0.3) is 0 Å². The number of thiocarbonyl (C=S) groups is 1. The number of piperazine rings is 1. The van der Waals surface area contributed by atoms with Gasteiger partial charge in [0.15, 0.2) is 5.11 Å². The minimum absolute atomic E-state index is 0.182. The monoisotopic (exact) mass is 379 g/mol. The molecule has 1 N–H and O–H groups in total. The molecule has 1 aromatic carbocycles. The number of esters is 1. The number of rotatable bonds is 7. The van der Waals surface area contributed by atoms with Crippen LogP contribution in [0.2, 0.25) is 0 Å². The Morgan fingerprint density at radius 2 is 1.96 bits per heavy atom. The number of nitrogens with zero attached hydrogens (tertiary/aromatic N) is 2. The molecule has 6 nitrogen and oxygen atoms in total. The van der Waals surface area contributed by atoms with Crippen LogP contribution in [-0.2, 0) is 16.1 Å². The van der Waals surface area contributed by atoms with Crippen molar-refractivity contribution < 1.29 is 14.3 Å². The summed E-state index contributed by atoms with van der Waals surface area (Å²) in [6.07, 6.45) is 1.14. The molecular weight excluding hydrogens is 350 g/mol. The molecule has 0 amide bonds. The first-order chi connectivity index (χ1) is 12.5. The van der Waals surface area contributed by atoms with E-state index in [1.165, 1.54) is 18.2 Å². The van der Waals surface area contributed by atoms with Crippen molar-refractivity contribution in [3.8, 4) is 5.75 Å². The third kappa shape index (κ3) is 6.14. The second kappa shape index (κ2) is 10.3. The molecular formula is C19H29N3O3S. The Morgan fingerprint density at radius 3 is 2.62 bits per heavy atom. The number of aryl methyl sites for hydroxylation is 1. The summed E-state index contributed by atoms with van der Waals surface area (Å²) in [6, 6.07) is 6.30. The Hall–Kier alpha value is -1.86. The van der Waals surface area contributed by atoms with Crippen molar-refractivity contribution in [1.82, 2.24) is 15.1 Å². The van der Waals surface area contributed by atoms with E-state index in [-0.39, 0.29) is 5.97 Å². The number of hydrogen-bond donors (Lipinski definition) is 1. The molecule has 0 aromatic heterocycles. The van der Waals surface area contributed by atoms with Gasteiger partial charge in [-0.05, 0) is 31.6 Å². The fraction of sp³-hybridized carbons (Fsp3) is 0.579. The number of carbonyl (C=O) groups excluding carboxylic acids is 1. The third-order valence-corrected chi connectivity index (χ3v) is 4.95. The molecule has 1 aromatic rings. The molecule has 0 radical (unpaired) electrons. The Labute approximate surface area is 161 Å². The first kappa shape index (κ1) is 20.5. The lowest BCUT2D eigenvalue weighted by molar-refractivity contribution is -0.140. The number of ether oxygens (including phenoxy) is 2. The predicted molar refractivity (Wildman–Crippen MR) is 106 cm³/mol. The molecule has 0 bridgehead atoms. The predicted octanol–water partition coefficient (Wildman–Crippen LogP) is 1.95. The Bertz CT molecular complexity index is 616. The van der Waals surface area contributed by atoms with E-state index < -0.39 is 0 Å². The van der Waals surface area contributed by atoms with E-state index in [1.54, 1.807) is 7.11 Å². The van der Waals surface area contributed by atoms with E-state index in [9.17, 15) is 4.79 Å². The van der Waals surface area contributed by atoms with Gasteiger partial charge in [0.2, 0.25) is 0 Å². The minimum atomic E-state index is -0.182. The first-order valence-corrected chi connectivity index (χ1v) is 9.39. The Morgan fingerprint density at radius 1 is 1.23 bits per heavy atom. The summed E-state index contributed by atoms with van der Waals surface area (Å²) in [5.41, 5.74) is 2.47. The molecule has 1 heterocycles. The summed E-state index contributed by atoms with van der Waals surface area (Å²) in [7, 11) is 3.13. The quantitative estimate of drug-likeness (QED) is 0.441. The molecule has 1 saturated heterocycles. The van der Waals surface area contributed by atoms with Crippen LogP contribution in [0.4, 0.5) is 0 Å². The van der Waals surface area contributed by atoms with Crippen molar-refractivity contribution in [2.24, 2.45) is 0 Å². The smallest absolute Gasteiger partial charge is 0.305 e. The lowest BCUT2D eigenvalue weighted by atomic mass is 10.1. The maximum atomic E-state index is 11.1. The molecule has 0 atom stereocenters. The summed E-state index contributed by atoms with van der Waals surface area (Å²) in [6.45, 7) is 7.40. The maximum absolute atomic E-state index is 11.1. The van der Waals surface area contributed by atoms with Crippen molar-refractivity contribution in [1.29, 1.82) is 0 Å². The molecule has 1 fully saturated rings. The van der Waals surface area contributed by atoms with Crippen LogP contribution < -0.4 is 10.1 Å². The third-order valence-electron chi connectivity index (χ3n) is 4.55. The lowest BCUT2D eigenvalue weighted by Crippen LogP contribution is -2.51. The highest BCUT2D eigenvalue weighted by Crippen LogP contribution is 2.22. The molecule has 0 saturated carbocycles. The van der Waals surface area contributed by atoms with Gasteiger partial charge in [0.1, 0.15) is 5.75 Å². The number of hydrogen-bond acceptors (Lipinski definition) is 5. The standard InChI is InChI=1S/C19H29N3O3S/c1-15-6-7-17(24-2)16(13-15)14-21-9-11-22(12-10-21)19(26)20-8-4-5-18(23)25-3/h6-7,13H,4-5,8-12,14H2,1-3H3,(H,20,26). The largest absolute Gasteiger partial charge is 0.496 e. The van der Waals surface area contributed by atoms with Crippen molar-refractivity contribution in [3.63, 3.8) is 0 Å². The molecule has 0 unspecified atom stereocenters. The van der Waals surface area contributed by atoms with Crippen LogP contribution in [0.5, 0.6) is 5.75 Å². The van der Waals surface area contributed by atoms with E-state index in [4.69, 9.17) is 17.0 Å². The molecule has 144 valence electrons. The zero-order chi connectivity index (χ0) is 18.9. The second-order valence-corrected chi connectivity index (χ2v) is 6.88. The molecule has 0 spiro atoms. The molecule has 0 aliphatic carbocycles. The van der Waals surface area contributed by atoms with Gasteiger partial charge >= 0.3 is 5.97 Å². The van der Waals surface area contributed by atoms with Gasteiger partial charge in [-0.25, -0.2) is 0 Å². The van der Waals surface area contributed by atoms with Crippen LogP contribution >= 0.6 is 12.2 Å². The normalized spacial score (nSPS) is 14.8. The van der Waals surface area contributed by atoms with Gasteiger partial charge < -0.3 is 19.7 Å². The molecule has 7 heteroatoms. The van der Waals surface area contributed by atoms with Crippen molar-refractivity contribution in [2.75, 3.05) is 46.9 Å². The molecule has 2 rings (SSSR count). The average Bonchev–Trinajstić information content (AvgIpc) is 2.65. The minimum Gasteiger partial charge on any atom is -0.496 e. The van der Waals surface area contributed by atoms with Crippen LogP contribution in [-0.4, -0.2) is 67.8 Å². The molecule has 26 heavy (non-hydrogen) atoms. The fourth-order valence-electron chi connectivity index (χ4n) is 3.02. The Balaban J connectivity index is 1.74. The highest BCUT2D eigenvalue weighted by Gasteiger charge is 2.19. The lowest BCUT2D eigenvalue weighted by Gasteiger charge is -2.36. The highest BCUT2D eigenvalue weighted by atomic mass is 32.1. The summed E-state index contributed by atoms with van der Waals surface area (Å²) < 4.78 is 10.1. The van der Waals surface area contributed by atoms with E-state index >= 15 is 0 Å². The van der Waals surface area contributed by atoms with Crippen LogP contribution in [0.15, 0.2) is 18.2 Å². The average molecular weight is 380 g/mol. The number of carbonyl (C=O) groups is 1. The van der Waals surface area contributed by atoms with Crippen molar-refractivity contribution in [3.05, 3.63) is 29.3 Å². The zero-order valence-electron chi connectivity index (χ0n) is 15.9. The topological polar surface area (TPSA) is 54.0 Å². The molecule has 1 aliphatic heterocycles. The summed E-state index contributed by atoms with van der Waals surface area (Å²) in [4.78, 5) is 15.7. The number of nitrogens with one attached hydrogen (secondary N) is 1. The van der Waals surface area contributed by atoms with Gasteiger partial charge in [-0.15, -0.1) is 0 Å². The van der Waals surface area contributed by atoms with E-state index in [2.05, 4.69) is 38.9 Å². The van der Waals surface area contributed by atoms with Gasteiger partial charge in [-0.3, -0.25) is 9.69 Å². The van der Waals surface area contributed by atoms with Crippen molar-refractivity contribution >= 4 is 23.3 Å². The number of benzene rings is 1. The van der Waals surface area contributed by atoms with Gasteiger partial charge in [0.05, 0.1) is 14.2 Å². The fourth-order valence-corrected chi connectivity index (χ4v) is 3.31. The van der Waals surface area contributed by atoms with Gasteiger partial charge in [-0.2, -0.15) is 0 Å². The van der Waals surface area contributed by atoms with E-state index in [0.29, 0.717) is 13.0 Å². The first-order valence-electron chi connectivity index (χ1n) is 8.99. The SMILES string of the molecule is COC(=O)CCCNC(=S)N1CCN(Cc2cc(C)ccc2OC)CC1. The van der Waals surface area contributed by atoms with E-state index in [0.717, 1.165) is 50.0 Å². The van der Waals surface area contributed by atoms with Gasteiger partial charge in [0, 0.05) is 51.3 Å². The summed E-state index contributed by atoms with van der Waals surface area (Å²) in [5.74, 6) is 0.763. The van der Waals surface area contributed by atoms with Gasteiger partial charge in [-0.1, -0.05) is 17.7 Å². The van der Waals surface area contributed by atoms with E-state index in [1.807, 2.05) is 6.07 Å². The highest BCUT2D eigenvalue weighted by molar-refractivity contribution is 7.80. The second-order valence-electron chi connectivity index (χ2n) is 6.49. The van der Waals surface area contributed by atoms with Crippen LogP contribution in [0.3, 0.4) is 0 Å². The Kier molecular flexibility index (Phi) is 8.12. The zero-order valence-corrected chi connectivity index (χ0v) is 16.7.